The summed E-state index contributed by atoms with van der Waals surface area (Å²) in [7, 11) is 0. The molecule has 0 heterocycles. The highest BCUT2D eigenvalue weighted by atomic mass is 16.3. The van der Waals surface area contributed by atoms with E-state index in [4.69, 9.17) is 0 Å². The van der Waals surface area contributed by atoms with Crippen LogP contribution in [-0.2, 0) is 4.79 Å². The van der Waals surface area contributed by atoms with Crippen molar-refractivity contribution >= 4 is 5.91 Å². The smallest absolute Gasteiger partial charge is 0.220 e. The molecule has 1 aliphatic rings. The highest BCUT2D eigenvalue weighted by Gasteiger charge is 2.18. The van der Waals surface area contributed by atoms with Crippen LogP contribution in [0, 0.1) is 5.92 Å². The second-order valence-corrected chi connectivity index (χ2v) is 5.78. The Hall–Kier alpha value is -1.35. The Morgan fingerprint density at radius 3 is 2.40 bits per heavy atom. The van der Waals surface area contributed by atoms with Gasteiger partial charge in [0.15, 0.2) is 0 Å². The van der Waals surface area contributed by atoms with Crippen molar-refractivity contribution in [2.45, 2.75) is 51.0 Å². The van der Waals surface area contributed by atoms with Gasteiger partial charge in [0.25, 0.3) is 0 Å². The van der Waals surface area contributed by atoms with Crippen molar-refractivity contribution in [2.24, 2.45) is 5.92 Å². The molecule has 0 aliphatic heterocycles. The van der Waals surface area contributed by atoms with Crippen LogP contribution in [0.4, 0.5) is 0 Å². The van der Waals surface area contributed by atoms with Crippen LogP contribution in [0.2, 0.25) is 0 Å². The lowest BCUT2D eigenvalue weighted by Gasteiger charge is -2.19. The Morgan fingerprint density at radius 1 is 1.15 bits per heavy atom. The molecule has 110 valence electrons. The SMILES string of the molecule is O=C(CC1CCCCCC1)N[C@H](CO)c1ccccc1. The van der Waals surface area contributed by atoms with E-state index in [9.17, 15) is 9.90 Å². The number of nitrogens with one attached hydrogen (secondary N) is 1. The summed E-state index contributed by atoms with van der Waals surface area (Å²) in [5, 5.41) is 12.4. The van der Waals surface area contributed by atoms with Crippen molar-refractivity contribution in [3.8, 4) is 0 Å². The summed E-state index contributed by atoms with van der Waals surface area (Å²) in [6.07, 6.45) is 8.05. The number of aliphatic hydroxyl groups is 1. The van der Waals surface area contributed by atoms with E-state index in [0.29, 0.717) is 12.3 Å². The quantitative estimate of drug-likeness (QED) is 0.811. The van der Waals surface area contributed by atoms with Crippen LogP contribution in [0.25, 0.3) is 0 Å². The van der Waals surface area contributed by atoms with Gasteiger partial charge in [-0.25, -0.2) is 0 Å². The van der Waals surface area contributed by atoms with E-state index in [0.717, 1.165) is 5.56 Å². The standard InChI is InChI=1S/C17H25NO2/c19-13-16(15-10-6-3-7-11-15)18-17(20)12-14-8-4-1-2-5-9-14/h3,6-7,10-11,14,16,19H,1-2,4-5,8-9,12-13H2,(H,18,20)/t16-/m1/s1. The van der Waals surface area contributed by atoms with Gasteiger partial charge in [0.2, 0.25) is 5.91 Å². The first-order chi connectivity index (χ1) is 9.79. The monoisotopic (exact) mass is 275 g/mol. The molecule has 0 unspecified atom stereocenters. The fourth-order valence-corrected chi connectivity index (χ4v) is 3.00. The lowest BCUT2D eigenvalue weighted by molar-refractivity contribution is -0.123. The molecule has 0 aromatic heterocycles. The summed E-state index contributed by atoms with van der Waals surface area (Å²) < 4.78 is 0. The molecular weight excluding hydrogens is 250 g/mol. The summed E-state index contributed by atoms with van der Waals surface area (Å²) in [5.74, 6) is 0.590. The molecule has 1 atom stereocenters. The molecule has 0 saturated heterocycles. The van der Waals surface area contributed by atoms with Crippen molar-refractivity contribution in [1.29, 1.82) is 0 Å². The van der Waals surface area contributed by atoms with Gasteiger partial charge in [0, 0.05) is 6.42 Å². The van der Waals surface area contributed by atoms with Gasteiger partial charge in [-0.3, -0.25) is 4.79 Å². The number of rotatable bonds is 5. The molecule has 2 rings (SSSR count). The van der Waals surface area contributed by atoms with Crippen molar-refractivity contribution < 1.29 is 9.90 Å². The molecule has 20 heavy (non-hydrogen) atoms. The van der Waals surface area contributed by atoms with Crippen LogP contribution < -0.4 is 5.32 Å². The summed E-state index contributed by atoms with van der Waals surface area (Å²) in [6.45, 7) is -0.0551. The largest absolute Gasteiger partial charge is 0.394 e. The molecule has 1 amide bonds. The summed E-state index contributed by atoms with van der Waals surface area (Å²) in [4.78, 5) is 12.1. The highest BCUT2D eigenvalue weighted by Crippen LogP contribution is 2.25. The minimum absolute atomic E-state index is 0.0551. The Kier molecular flexibility index (Phi) is 6.06. The minimum Gasteiger partial charge on any atom is -0.394 e. The van der Waals surface area contributed by atoms with Gasteiger partial charge in [-0.15, -0.1) is 0 Å². The topological polar surface area (TPSA) is 49.3 Å². The number of carbonyl (C=O) groups excluding carboxylic acids is 1. The van der Waals surface area contributed by atoms with Gasteiger partial charge in [-0.2, -0.15) is 0 Å². The Labute approximate surface area is 121 Å². The maximum absolute atomic E-state index is 12.1. The number of hydrogen-bond donors (Lipinski definition) is 2. The number of aliphatic hydroxyl groups excluding tert-OH is 1. The fraction of sp³-hybridized carbons (Fsp3) is 0.588. The molecule has 3 heteroatoms. The van der Waals surface area contributed by atoms with Crippen molar-refractivity contribution in [2.75, 3.05) is 6.61 Å². The average molecular weight is 275 g/mol. The fourth-order valence-electron chi connectivity index (χ4n) is 3.00. The first-order valence-corrected chi connectivity index (χ1v) is 7.74. The first kappa shape index (κ1) is 15.0. The molecule has 1 saturated carbocycles. The van der Waals surface area contributed by atoms with Gasteiger partial charge < -0.3 is 10.4 Å². The van der Waals surface area contributed by atoms with E-state index in [1.54, 1.807) is 0 Å². The van der Waals surface area contributed by atoms with E-state index in [1.165, 1.54) is 38.5 Å². The number of hydrogen-bond acceptors (Lipinski definition) is 2. The zero-order valence-corrected chi connectivity index (χ0v) is 12.1. The first-order valence-electron chi connectivity index (χ1n) is 7.74. The third kappa shape index (κ3) is 4.64. The molecule has 0 radical (unpaired) electrons. The van der Waals surface area contributed by atoms with Crippen molar-refractivity contribution in [1.82, 2.24) is 5.32 Å². The summed E-state index contributed by atoms with van der Waals surface area (Å²) in [5.41, 5.74) is 0.962. The number of carbonyl (C=O) groups is 1. The Morgan fingerprint density at radius 2 is 1.80 bits per heavy atom. The summed E-state index contributed by atoms with van der Waals surface area (Å²) in [6, 6.07) is 9.38. The second kappa shape index (κ2) is 8.05. The molecule has 1 aromatic rings. The lowest BCUT2D eigenvalue weighted by atomic mass is 9.96. The van der Waals surface area contributed by atoms with Crippen molar-refractivity contribution in [3.05, 3.63) is 35.9 Å². The molecule has 1 aromatic carbocycles. The molecule has 0 spiro atoms. The third-order valence-corrected chi connectivity index (χ3v) is 4.17. The highest BCUT2D eigenvalue weighted by molar-refractivity contribution is 5.76. The van der Waals surface area contributed by atoms with E-state index >= 15 is 0 Å². The van der Waals surface area contributed by atoms with E-state index in [-0.39, 0.29) is 18.6 Å². The van der Waals surface area contributed by atoms with Gasteiger partial charge in [0.05, 0.1) is 12.6 Å². The third-order valence-electron chi connectivity index (χ3n) is 4.17. The molecule has 1 aliphatic carbocycles. The van der Waals surface area contributed by atoms with E-state index in [2.05, 4.69) is 5.32 Å². The summed E-state index contributed by atoms with van der Waals surface area (Å²) >= 11 is 0. The molecular formula is C17H25NO2. The van der Waals surface area contributed by atoms with Crippen LogP contribution >= 0.6 is 0 Å². The zero-order chi connectivity index (χ0) is 14.2. The van der Waals surface area contributed by atoms with Gasteiger partial charge in [0.1, 0.15) is 0 Å². The molecule has 1 fully saturated rings. The maximum atomic E-state index is 12.1. The number of amides is 1. The predicted molar refractivity (Wildman–Crippen MR) is 80.2 cm³/mol. The molecule has 3 nitrogen and oxygen atoms in total. The minimum atomic E-state index is -0.283. The molecule has 0 bridgehead atoms. The van der Waals surface area contributed by atoms with Crippen LogP contribution in [0.15, 0.2) is 30.3 Å². The van der Waals surface area contributed by atoms with E-state index < -0.39 is 0 Å². The second-order valence-electron chi connectivity index (χ2n) is 5.78. The van der Waals surface area contributed by atoms with Gasteiger partial charge >= 0.3 is 0 Å². The van der Waals surface area contributed by atoms with Crippen LogP contribution in [0.1, 0.15) is 56.6 Å². The van der Waals surface area contributed by atoms with Crippen molar-refractivity contribution in [3.63, 3.8) is 0 Å². The maximum Gasteiger partial charge on any atom is 0.220 e. The average Bonchev–Trinajstić information content (AvgIpc) is 2.74. The van der Waals surface area contributed by atoms with E-state index in [1.807, 2.05) is 30.3 Å². The van der Waals surface area contributed by atoms with Gasteiger partial charge in [-0.1, -0.05) is 56.0 Å². The Bertz CT molecular complexity index is 397. The number of benzene rings is 1. The Balaban J connectivity index is 1.86. The normalized spacial score (nSPS) is 18.2. The molecule has 2 N–H and O–H groups in total. The zero-order valence-electron chi connectivity index (χ0n) is 12.1. The van der Waals surface area contributed by atoms with Crippen LogP contribution in [0.3, 0.4) is 0 Å². The predicted octanol–water partition coefficient (Wildman–Crippen LogP) is 3.20. The van der Waals surface area contributed by atoms with Crippen LogP contribution in [-0.4, -0.2) is 17.6 Å². The van der Waals surface area contributed by atoms with Gasteiger partial charge in [-0.05, 0) is 24.3 Å². The lowest BCUT2D eigenvalue weighted by Crippen LogP contribution is -2.32. The van der Waals surface area contributed by atoms with Crippen LogP contribution in [0.5, 0.6) is 0 Å².